The first kappa shape index (κ1) is 25.3. The summed E-state index contributed by atoms with van der Waals surface area (Å²) in [6.07, 6.45) is 2.13. The van der Waals surface area contributed by atoms with Gasteiger partial charge in [-0.15, -0.1) is 0 Å². The summed E-state index contributed by atoms with van der Waals surface area (Å²) in [4.78, 5) is 24.3. The zero-order valence-corrected chi connectivity index (χ0v) is 20.9. The van der Waals surface area contributed by atoms with Gasteiger partial charge < -0.3 is 14.8 Å². The zero-order chi connectivity index (χ0) is 24.5. The van der Waals surface area contributed by atoms with Crippen LogP contribution in [0.4, 0.5) is 5.69 Å². The molecule has 2 N–H and O–H groups in total. The Morgan fingerprint density at radius 1 is 1.09 bits per heavy atom. The topological polar surface area (TPSA) is 89.0 Å². The lowest BCUT2D eigenvalue weighted by atomic mass is 10.1. The molecule has 0 heterocycles. The lowest BCUT2D eigenvalue weighted by Gasteiger charge is -2.13. The van der Waals surface area contributed by atoms with Gasteiger partial charge in [0.1, 0.15) is 6.61 Å². The van der Waals surface area contributed by atoms with Crippen molar-refractivity contribution in [3.05, 3.63) is 86.8 Å². The number of carbonyl (C=O) groups excluding carboxylic acids is 2. The van der Waals surface area contributed by atoms with E-state index >= 15 is 0 Å². The predicted molar refractivity (Wildman–Crippen MR) is 137 cm³/mol. The van der Waals surface area contributed by atoms with Gasteiger partial charge in [0.25, 0.3) is 0 Å². The van der Waals surface area contributed by atoms with Crippen LogP contribution in [0.5, 0.6) is 11.5 Å². The second-order valence-corrected chi connectivity index (χ2v) is 8.40. The van der Waals surface area contributed by atoms with E-state index in [1.165, 1.54) is 13.3 Å². The third-order valence-electron chi connectivity index (χ3n) is 4.78. The Hall–Kier alpha value is -3.36. The molecule has 3 rings (SSSR count). The normalized spacial score (nSPS) is 10.7. The molecule has 2 amide bonds. The van der Waals surface area contributed by atoms with E-state index in [2.05, 4.69) is 31.8 Å². The van der Waals surface area contributed by atoms with Crippen LogP contribution in [0, 0.1) is 0 Å². The molecule has 34 heavy (non-hydrogen) atoms. The molecule has 0 spiro atoms. The lowest BCUT2D eigenvalue weighted by molar-refractivity contribution is -0.136. The molecule has 0 aromatic heterocycles. The smallest absolute Gasteiger partial charge is 0.329 e. The largest absolute Gasteiger partial charge is 0.493 e. The SMILES string of the molecule is CCc1ccccc1NC(=O)C(=O)N/N=C/c1cc(Br)c(OCc2ccc(Cl)cc2)c(OC)c1. The maximum atomic E-state index is 12.2. The van der Waals surface area contributed by atoms with Crippen molar-refractivity contribution in [1.82, 2.24) is 5.43 Å². The van der Waals surface area contributed by atoms with E-state index in [1.807, 2.05) is 31.2 Å². The number of methoxy groups -OCH3 is 1. The number of nitrogens with zero attached hydrogens (tertiary/aromatic N) is 1. The highest BCUT2D eigenvalue weighted by molar-refractivity contribution is 9.10. The standard InChI is InChI=1S/C25H23BrClN3O4/c1-3-18-6-4-5-7-21(18)29-24(31)25(32)30-28-14-17-12-20(26)23(22(13-17)33-2)34-15-16-8-10-19(27)11-9-16/h4-14H,3,15H2,1-2H3,(H,29,31)(H,30,32)/b28-14+. The quantitative estimate of drug-likeness (QED) is 0.228. The van der Waals surface area contributed by atoms with E-state index in [0.717, 1.165) is 17.5 Å². The third kappa shape index (κ3) is 6.82. The van der Waals surface area contributed by atoms with E-state index in [0.29, 0.717) is 38.9 Å². The van der Waals surface area contributed by atoms with Crippen LogP contribution in [-0.2, 0) is 22.6 Å². The molecule has 176 valence electrons. The van der Waals surface area contributed by atoms with Crippen LogP contribution in [0.3, 0.4) is 0 Å². The van der Waals surface area contributed by atoms with Gasteiger partial charge in [0.2, 0.25) is 0 Å². The van der Waals surface area contributed by atoms with Gasteiger partial charge in [-0.25, -0.2) is 5.43 Å². The van der Waals surface area contributed by atoms with Crippen molar-refractivity contribution in [2.24, 2.45) is 5.10 Å². The molecule has 0 saturated heterocycles. The van der Waals surface area contributed by atoms with Gasteiger partial charge in [0.15, 0.2) is 11.5 Å². The number of aryl methyl sites for hydroxylation is 1. The monoisotopic (exact) mass is 543 g/mol. The number of ether oxygens (including phenoxy) is 2. The minimum Gasteiger partial charge on any atom is -0.493 e. The molecule has 0 atom stereocenters. The van der Waals surface area contributed by atoms with Crippen LogP contribution in [0.15, 0.2) is 70.2 Å². The average Bonchev–Trinajstić information content (AvgIpc) is 2.84. The maximum Gasteiger partial charge on any atom is 0.329 e. The number of benzene rings is 3. The molecule has 0 aliphatic heterocycles. The fraction of sp³-hybridized carbons (Fsp3) is 0.160. The summed E-state index contributed by atoms with van der Waals surface area (Å²) < 4.78 is 12.0. The molecule has 0 radical (unpaired) electrons. The Morgan fingerprint density at radius 3 is 2.53 bits per heavy atom. The number of anilines is 1. The van der Waals surface area contributed by atoms with E-state index in [9.17, 15) is 9.59 Å². The minimum absolute atomic E-state index is 0.325. The number of nitrogens with one attached hydrogen (secondary N) is 2. The molecule has 0 fully saturated rings. The average molecular weight is 545 g/mol. The number of hydrogen-bond donors (Lipinski definition) is 2. The van der Waals surface area contributed by atoms with Crippen molar-refractivity contribution >= 4 is 51.2 Å². The lowest BCUT2D eigenvalue weighted by Crippen LogP contribution is -2.32. The first-order valence-corrected chi connectivity index (χ1v) is 11.6. The molecule has 0 aliphatic rings. The number of hydrogen-bond acceptors (Lipinski definition) is 5. The zero-order valence-electron chi connectivity index (χ0n) is 18.6. The van der Waals surface area contributed by atoms with E-state index in [1.54, 1.807) is 36.4 Å². The molecule has 3 aromatic rings. The summed E-state index contributed by atoms with van der Waals surface area (Å²) >= 11 is 9.40. The Bertz CT molecular complexity index is 1200. The first-order chi connectivity index (χ1) is 16.4. The first-order valence-electron chi connectivity index (χ1n) is 10.4. The number of hydrazone groups is 1. The highest BCUT2D eigenvalue weighted by Crippen LogP contribution is 2.37. The predicted octanol–water partition coefficient (Wildman–Crippen LogP) is 5.34. The van der Waals surface area contributed by atoms with Crippen molar-refractivity contribution < 1.29 is 19.1 Å². The minimum atomic E-state index is -0.879. The molecule has 0 aliphatic carbocycles. The maximum absolute atomic E-state index is 12.2. The number of carbonyl (C=O) groups is 2. The molecule has 0 saturated carbocycles. The summed E-state index contributed by atoms with van der Waals surface area (Å²) in [5.41, 5.74) is 5.33. The van der Waals surface area contributed by atoms with Crippen LogP contribution in [0.2, 0.25) is 5.02 Å². The Labute approximate surface area is 211 Å². The van der Waals surface area contributed by atoms with Crippen LogP contribution < -0.4 is 20.2 Å². The third-order valence-corrected chi connectivity index (χ3v) is 5.62. The van der Waals surface area contributed by atoms with Crippen LogP contribution >= 0.6 is 27.5 Å². The Balaban J connectivity index is 1.62. The van der Waals surface area contributed by atoms with Crippen molar-refractivity contribution in [2.75, 3.05) is 12.4 Å². The van der Waals surface area contributed by atoms with Crippen LogP contribution in [-0.4, -0.2) is 25.1 Å². The summed E-state index contributed by atoms with van der Waals surface area (Å²) in [7, 11) is 1.53. The molecule has 7 nitrogen and oxygen atoms in total. The van der Waals surface area contributed by atoms with Crippen LogP contribution in [0.1, 0.15) is 23.6 Å². The van der Waals surface area contributed by atoms with Crippen LogP contribution in [0.25, 0.3) is 0 Å². The van der Waals surface area contributed by atoms with E-state index in [-0.39, 0.29) is 0 Å². The number of amides is 2. The van der Waals surface area contributed by atoms with Crippen molar-refractivity contribution in [3.63, 3.8) is 0 Å². The number of rotatable bonds is 8. The molecular formula is C25H23BrClN3O4. The van der Waals surface area contributed by atoms with E-state index < -0.39 is 11.8 Å². The molecule has 0 unspecified atom stereocenters. The summed E-state index contributed by atoms with van der Waals surface area (Å²) in [5, 5.41) is 7.13. The van der Waals surface area contributed by atoms with Crippen molar-refractivity contribution in [1.29, 1.82) is 0 Å². The fourth-order valence-electron chi connectivity index (χ4n) is 3.04. The molecular weight excluding hydrogens is 522 g/mol. The van der Waals surface area contributed by atoms with E-state index in [4.69, 9.17) is 21.1 Å². The Morgan fingerprint density at radius 2 is 1.82 bits per heavy atom. The van der Waals surface area contributed by atoms with Gasteiger partial charge in [0, 0.05) is 10.7 Å². The number of halogens is 2. The second-order valence-electron chi connectivity index (χ2n) is 7.11. The number of para-hydroxylation sites is 1. The highest BCUT2D eigenvalue weighted by Gasteiger charge is 2.15. The van der Waals surface area contributed by atoms with Gasteiger partial charge in [-0.2, -0.15) is 5.10 Å². The van der Waals surface area contributed by atoms with Gasteiger partial charge >= 0.3 is 11.8 Å². The van der Waals surface area contributed by atoms with Gasteiger partial charge in [0.05, 0.1) is 17.8 Å². The van der Waals surface area contributed by atoms with Gasteiger partial charge in [-0.1, -0.05) is 48.9 Å². The van der Waals surface area contributed by atoms with Crippen molar-refractivity contribution in [2.45, 2.75) is 20.0 Å². The fourth-order valence-corrected chi connectivity index (χ4v) is 3.74. The summed E-state index contributed by atoms with van der Waals surface area (Å²) in [6.45, 7) is 2.29. The summed E-state index contributed by atoms with van der Waals surface area (Å²) in [5.74, 6) is -0.684. The molecule has 0 bridgehead atoms. The molecule has 9 heteroatoms. The van der Waals surface area contributed by atoms with Gasteiger partial charge in [-0.05, 0) is 69.4 Å². The van der Waals surface area contributed by atoms with Crippen molar-refractivity contribution in [3.8, 4) is 11.5 Å². The summed E-state index contributed by atoms with van der Waals surface area (Å²) in [6, 6.07) is 18.1. The Kier molecular flexibility index (Phi) is 9.07. The highest BCUT2D eigenvalue weighted by atomic mass is 79.9. The van der Waals surface area contributed by atoms with Gasteiger partial charge in [-0.3, -0.25) is 9.59 Å². The molecule has 3 aromatic carbocycles. The second kappa shape index (κ2) is 12.2.